The second-order valence-corrected chi connectivity index (χ2v) is 5.02. The second kappa shape index (κ2) is 6.25. The highest BCUT2D eigenvalue weighted by atomic mass is 19.2. The fourth-order valence-electron chi connectivity index (χ4n) is 2.30. The van der Waals surface area contributed by atoms with Crippen molar-refractivity contribution in [2.24, 2.45) is 0 Å². The molecular weight excluding hydrogens is 234 g/mol. The molecule has 100 valence electrons. The average Bonchev–Trinajstić information content (AvgIpc) is 2.33. The maximum absolute atomic E-state index is 13.1. The maximum Gasteiger partial charge on any atom is 0.159 e. The fourth-order valence-corrected chi connectivity index (χ4v) is 2.30. The maximum atomic E-state index is 13.1. The Labute approximate surface area is 107 Å². The molecule has 18 heavy (non-hydrogen) atoms. The minimum Gasteiger partial charge on any atom is -0.314 e. The summed E-state index contributed by atoms with van der Waals surface area (Å²) in [7, 11) is 0. The summed E-state index contributed by atoms with van der Waals surface area (Å²) in [6, 6.07) is 4.70. The van der Waals surface area contributed by atoms with E-state index in [2.05, 4.69) is 17.1 Å². The van der Waals surface area contributed by atoms with Crippen molar-refractivity contribution >= 4 is 0 Å². The van der Waals surface area contributed by atoms with Crippen LogP contribution in [0.1, 0.15) is 25.3 Å². The first-order valence-electron chi connectivity index (χ1n) is 6.55. The molecule has 1 N–H and O–H groups in total. The molecule has 1 saturated heterocycles. The molecule has 0 aliphatic carbocycles. The van der Waals surface area contributed by atoms with Crippen molar-refractivity contribution < 1.29 is 8.78 Å². The van der Waals surface area contributed by atoms with E-state index in [9.17, 15) is 8.78 Å². The third-order valence-electron chi connectivity index (χ3n) is 3.41. The molecule has 1 aromatic carbocycles. The average molecular weight is 254 g/mol. The first kappa shape index (κ1) is 13.4. The van der Waals surface area contributed by atoms with Crippen LogP contribution in [0.2, 0.25) is 0 Å². The van der Waals surface area contributed by atoms with Gasteiger partial charge in [0.1, 0.15) is 0 Å². The minimum atomic E-state index is -0.774. The van der Waals surface area contributed by atoms with Gasteiger partial charge in [0.25, 0.3) is 0 Å². The zero-order valence-electron chi connectivity index (χ0n) is 10.8. The quantitative estimate of drug-likeness (QED) is 0.872. The molecule has 4 heteroatoms. The lowest BCUT2D eigenvalue weighted by atomic mass is 10.1. The third-order valence-corrected chi connectivity index (χ3v) is 3.41. The first-order valence-corrected chi connectivity index (χ1v) is 6.55. The summed E-state index contributed by atoms with van der Waals surface area (Å²) in [4.78, 5) is 2.31. The van der Waals surface area contributed by atoms with E-state index in [4.69, 9.17) is 0 Å². The van der Waals surface area contributed by atoms with E-state index in [0.29, 0.717) is 12.6 Å². The van der Waals surface area contributed by atoms with Gasteiger partial charge >= 0.3 is 0 Å². The standard InChI is InChI=1S/C14H20F2N2/c1-11-5-8-18(7-2-6-17-11)10-12-3-4-13(15)14(16)9-12/h3-4,9,11,17H,2,5-8,10H2,1H3. The number of rotatable bonds is 2. The van der Waals surface area contributed by atoms with Crippen LogP contribution in [0.5, 0.6) is 0 Å². The molecule has 0 amide bonds. The Morgan fingerprint density at radius 3 is 2.89 bits per heavy atom. The summed E-state index contributed by atoms with van der Waals surface area (Å²) < 4.78 is 26.0. The van der Waals surface area contributed by atoms with Crippen molar-refractivity contribution in [2.45, 2.75) is 32.4 Å². The summed E-state index contributed by atoms with van der Waals surface area (Å²) in [5.41, 5.74) is 0.843. The normalized spacial score (nSPS) is 22.5. The van der Waals surface area contributed by atoms with Crippen LogP contribution < -0.4 is 5.32 Å². The van der Waals surface area contributed by atoms with Crippen LogP contribution in [0.25, 0.3) is 0 Å². The van der Waals surface area contributed by atoms with Gasteiger partial charge in [-0.3, -0.25) is 4.90 Å². The van der Waals surface area contributed by atoms with Crippen molar-refractivity contribution in [3.05, 3.63) is 35.4 Å². The van der Waals surface area contributed by atoms with Crippen molar-refractivity contribution in [1.82, 2.24) is 10.2 Å². The van der Waals surface area contributed by atoms with E-state index >= 15 is 0 Å². The molecule has 0 bridgehead atoms. The molecule has 1 fully saturated rings. The van der Waals surface area contributed by atoms with Crippen LogP contribution in [0, 0.1) is 11.6 Å². The van der Waals surface area contributed by atoms with Crippen LogP contribution in [0.4, 0.5) is 8.78 Å². The molecule has 1 aliphatic heterocycles. The third kappa shape index (κ3) is 3.75. The van der Waals surface area contributed by atoms with Crippen LogP contribution in [0.3, 0.4) is 0 Å². The Morgan fingerprint density at radius 1 is 1.28 bits per heavy atom. The van der Waals surface area contributed by atoms with E-state index < -0.39 is 11.6 Å². The molecule has 1 atom stereocenters. The monoisotopic (exact) mass is 254 g/mol. The summed E-state index contributed by atoms with van der Waals surface area (Å²) in [5, 5.41) is 3.45. The van der Waals surface area contributed by atoms with Crippen LogP contribution in [-0.4, -0.2) is 30.6 Å². The summed E-state index contributed by atoms with van der Waals surface area (Å²) >= 11 is 0. The number of nitrogens with zero attached hydrogens (tertiary/aromatic N) is 1. The second-order valence-electron chi connectivity index (χ2n) is 5.02. The number of hydrogen-bond acceptors (Lipinski definition) is 2. The zero-order chi connectivity index (χ0) is 13.0. The van der Waals surface area contributed by atoms with Gasteiger partial charge in [0.05, 0.1) is 0 Å². The predicted molar refractivity (Wildman–Crippen MR) is 68.3 cm³/mol. The summed E-state index contributed by atoms with van der Waals surface area (Å²) in [6.07, 6.45) is 2.18. The number of nitrogens with one attached hydrogen (secondary N) is 1. The summed E-state index contributed by atoms with van der Waals surface area (Å²) in [5.74, 6) is -1.53. The molecule has 2 rings (SSSR count). The van der Waals surface area contributed by atoms with Crippen LogP contribution >= 0.6 is 0 Å². The SMILES string of the molecule is CC1CCN(Cc2ccc(F)c(F)c2)CCCN1. The number of benzene rings is 1. The minimum absolute atomic E-state index is 0.526. The number of halogens is 2. The molecule has 0 spiro atoms. The molecule has 0 radical (unpaired) electrons. The lowest BCUT2D eigenvalue weighted by Gasteiger charge is -2.27. The van der Waals surface area contributed by atoms with E-state index in [1.165, 1.54) is 12.1 Å². The smallest absolute Gasteiger partial charge is 0.159 e. The molecular formula is C14H20F2N2. The molecule has 1 aliphatic rings. The predicted octanol–water partition coefficient (Wildman–Crippen LogP) is 2.54. The Kier molecular flexibility index (Phi) is 4.66. The highest BCUT2D eigenvalue weighted by Crippen LogP contribution is 2.12. The van der Waals surface area contributed by atoms with Gasteiger partial charge in [-0.15, -0.1) is 0 Å². The molecule has 1 unspecified atom stereocenters. The van der Waals surface area contributed by atoms with E-state index in [1.54, 1.807) is 6.07 Å². The lowest BCUT2D eigenvalue weighted by Crippen LogP contribution is -2.38. The Morgan fingerprint density at radius 2 is 2.11 bits per heavy atom. The molecule has 0 aromatic heterocycles. The van der Waals surface area contributed by atoms with Gasteiger partial charge in [0, 0.05) is 12.6 Å². The molecule has 2 nitrogen and oxygen atoms in total. The van der Waals surface area contributed by atoms with Crippen molar-refractivity contribution in [1.29, 1.82) is 0 Å². The van der Waals surface area contributed by atoms with Crippen molar-refractivity contribution in [3.63, 3.8) is 0 Å². The Bertz CT molecular complexity index is 395. The fraction of sp³-hybridized carbons (Fsp3) is 0.571. The largest absolute Gasteiger partial charge is 0.314 e. The van der Waals surface area contributed by atoms with Crippen LogP contribution in [-0.2, 0) is 6.54 Å². The lowest BCUT2D eigenvalue weighted by molar-refractivity contribution is 0.229. The van der Waals surface area contributed by atoms with Crippen LogP contribution in [0.15, 0.2) is 18.2 Å². The van der Waals surface area contributed by atoms with Crippen molar-refractivity contribution in [2.75, 3.05) is 19.6 Å². The van der Waals surface area contributed by atoms with Gasteiger partial charge in [0.2, 0.25) is 0 Å². The highest BCUT2D eigenvalue weighted by molar-refractivity contribution is 5.17. The van der Waals surface area contributed by atoms with E-state index in [1.807, 2.05) is 0 Å². The van der Waals surface area contributed by atoms with Gasteiger partial charge in [-0.25, -0.2) is 8.78 Å². The number of hydrogen-bond donors (Lipinski definition) is 1. The molecule has 1 aromatic rings. The van der Waals surface area contributed by atoms with E-state index in [0.717, 1.165) is 38.0 Å². The highest BCUT2D eigenvalue weighted by Gasteiger charge is 2.12. The molecule has 1 heterocycles. The van der Waals surface area contributed by atoms with Gasteiger partial charge in [-0.2, -0.15) is 0 Å². The van der Waals surface area contributed by atoms with Crippen molar-refractivity contribution in [3.8, 4) is 0 Å². The van der Waals surface area contributed by atoms with Gasteiger partial charge in [-0.1, -0.05) is 6.07 Å². The Balaban J connectivity index is 1.96. The Hall–Kier alpha value is -1.00. The summed E-state index contributed by atoms with van der Waals surface area (Å²) in [6.45, 7) is 5.90. The van der Waals surface area contributed by atoms with E-state index in [-0.39, 0.29) is 0 Å². The zero-order valence-corrected chi connectivity index (χ0v) is 10.8. The van der Waals surface area contributed by atoms with Gasteiger partial charge in [0.15, 0.2) is 11.6 Å². The van der Waals surface area contributed by atoms with Gasteiger partial charge in [-0.05, 0) is 57.1 Å². The topological polar surface area (TPSA) is 15.3 Å². The molecule has 0 saturated carbocycles. The van der Waals surface area contributed by atoms with Gasteiger partial charge < -0.3 is 5.32 Å². The first-order chi connectivity index (χ1) is 8.65.